The lowest BCUT2D eigenvalue weighted by Crippen LogP contribution is -2.15. The third-order valence-electron chi connectivity index (χ3n) is 2.50. The molecule has 1 aromatic heterocycles. The molecule has 110 valence electrons. The fourth-order valence-electron chi connectivity index (χ4n) is 1.48. The molecule has 0 bridgehead atoms. The van der Waals surface area contributed by atoms with E-state index < -0.39 is 11.7 Å². The Hall–Kier alpha value is -2.22. The Morgan fingerprint density at radius 3 is 2.33 bits per heavy atom. The molecule has 6 nitrogen and oxygen atoms in total. The molecule has 2 aromatic rings. The molecule has 0 fully saturated rings. The van der Waals surface area contributed by atoms with Crippen molar-refractivity contribution in [3.8, 4) is 11.8 Å². The summed E-state index contributed by atoms with van der Waals surface area (Å²) in [4.78, 5) is 20.0. The molecule has 0 aliphatic heterocycles. The van der Waals surface area contributed by atoms with Crippen LogP contribution in [0.2, 0.25) is 0 Å². The summed E-state index contributed by atoms with van der Waals surface area (Å²) in [6.45, 7) is 0. The van der Waals surface area contributed by atoms with Crippen LogP contribution in [-0.2, 0) is 0 Å². The van der Waals surface area contributed by atoms with Gasteiger partial charge in [0.25, 0.3) is 5.91 Å². The predicted octanol–water partition coefficient (Wildman–Crippen LogP) is 2.65. The lowest BCUT2D eigenvalue weighted by atomic mass is 10.2. The molecule has 0 aliphatic rings. The number of carbonyl (C=O) groups excluding carboxylic acids is 1. The number of ether oxygens (including phenoxy) is 2. The number of aromatic nitrogens is 2. The number of anilines is 1. The van der Waals surface area contributed by atoms with Crippen molar-refractivity contribution >= 4 is 27.8 Å². The van der Waals surface area contributed by atoms with Gasteiger partial charge in [-0.15, -0.1) is 0 Å². The maximum atomic E-state index is 13.2. The molecule has 1 aromatic carbocycles. The van der Waals surface area contributed by atoms with Crippen LogP contribution in [0.4, 0.5) is 10.3 Å². The van der Waals surface area contributed by atoms with E-state index in [0.29, 0.717) is 0 Å². The third-order valence-corrected chi connectivity index (χ3v) is 3.11. The second-order valence-electron chi connectivity index (χ2n) is 3.86. The van der Waals surface area contributed by atoms with E-state index in [9.17, 15) is 9.18 Å². The predicted molar refractivity (Wildman–Crippen MR) is 77.2 cm³/mol. The van der Waals surface area contributed by atoms with Crippen LogP contribution in [0.1, 0.15) is 10.4 Å². The van der Waals surface area contributed by atoms with Crippen LogP contribution in [0.15, 0.2) is 28.7 Å². The van der Waals surface area contributed by atoms with Gasteiger partial charge in [-0.3, -0.25) is 10.1 Å². The van der Waals surface area contributed by atoms with Gasteiger partial charge in [-0.1, -0.05) is 0 Å². The number of benzene rings is 1. The quantitative estimate of drug-likeness (QED) is 0.912. The summed E-state index contributed by atoms with van der Waals surface area (Å²) in [7, 11) is 2.87. The van der Waals surface area contributed by atoms with E-state index in [1.807, 2.05) is 0 Å². The Balaban J connectivity index is 2.24. The van der Waals surface area contributed by atoms with Gasteiger partial charge in [-0.05, 0) is 34.1 Å². The van der Waals surface area contributed by atoms with Crippen LogP contribution >= 0.6 is 15.9 Å². The number of halogens is 2. The van der Waals surface area contributed by atoms with Gasteiger partial charge in [0, 0.05) is 5.56 Å². The summed E-state index contributed by atoms with van der Waals surface area (Å²) in [6, 6.07) is 5.38. The van der Waals surface area contributed by atoms with Crippen molar-refractivity contribution < 1.29 is 18.7 Å². The first-order chi connectivity index (χ1) is 10.0. The van der Waals surface area contributed by atoms with Crippen LogP contribution in [0.25, 0.3) is 0 Å². The normalized spacial score (nSPS) is 10.1. The van der Waals surface area contributed by atoms with E-state index in [1.54, 1.807) is 0 Å². The van der Waals surface area contributed by atoms with Gasteiger partial charge in [0.1, 0.15) is 5.82 Å². The zero-order valence-corrected chi connectivity index (χ0v) is 12.8. The van der Waals surface area contributed by atoms with Gasteiger partial charge in [0.15, 0.2) is 0 Å². The van der Waals surface area contributed by atoms with Gasteiger partial charge in [0.2, 0.25) is 17.7 Å². The number of nitrogens with zero attached hydrogens (tertiary/aromatic N) is 2. The standard InChI is InChI=1S/C13H11BrFN3O3/c1-20-10-6-11(21-2)17-13(16-10)18-12(19)7-3-4-9(15)8(14)5-7/h3-6H,1-2H3,(H,16,17,18,19). The third kappa shape index (κ3) is 3.66. The maximum Gasteiger partial charge on any atom is 0.258 e. The zero-order valence-electron chi connectivity index (χ0n) is 11.2. The second-order valence-corrected chi connectivity index (χ2v) is 4.71. The number of nitrogens with one attached hydrogen (secondary N) is 1. The Morgan fingerprint density at radius 2 is 1.81 bits per heavy atom. The first-order valence-electron chi connectivity index (χ1n) is 5.77. The minimum absolute atomic E-state index is 0.0247. The van der Waals surface area contributed by atoms with Crippen molar-refractivity contribution in [3.05, 3.63) is 40.1 Å². The fraction of sp³-hybridized carbons (Fsp3) is 0.154. The van der Waals surface area contributed by atoms with Crippen LogP contribution in [0.3, 0.4) is 0 Å². The first-order valence-corrected chi connectivity index (χ1v) is 6.56. The molecule has 1 amide bonds. The average Bonchev–Trinajstić information content (AvgIpc) is 2.49. The highest BCUT2D eigenvalue weighted by Crippen LogP contribution is 2.20. The fourth-order valence-corrected chi connectivity index (χ4v) is 1.86. The molecule has 0 saturated carbocycles. The van der Waals surface area contributed by atoms with Crippen molar-refractivity contribution in [2.24, 2.45) is 0 Å². The molecule has 0 unspecified atom stereocenters. The highest BCUT2D eigenvalue weighted by molar-refractivity contribution is 9.10. The van der Waals surface area contributed by atoms with E-state index >= 15 is 0 Å². The Morgan fingerprint density at radius 1 is 1.19 bits per heavy atom. The molecule has 21 heavy (non-hydrogen) atoms. The molecule has 0 radical (unpaired) electrons. The van der Waals surface area contributed by atoms with Crippen LogP contribution < -0.4 is 14.8 Å². The monoisotopic (exact) mass is 355 g/mol. The number of methoxy groups -OCH3 is 2. The largest absolute Gasteiger partial charge is 0.481 e. The smallest absolute Gasteiger partial charge is 0.258 e. The van der Waals surface area contributed by atoms with Crippen molar-refractivity contribution in [1.29, 1.82) is 0 Å². The number of rotatable bonds is 4. The van der Waals surface area contributed by atoms with Gasteiger partial charge >= 0.3 is 0 Å². The summed E-state index contributed by atoms with van der Waals surface area (Å²) in [5.41, 5.74) is 0.258. The van der Waals surface area contributed by atoms with E-state index in [1.165, 1.54) is 38.5 Å². The Kier molecular flexibility index (Phi) is 4.69. The molecule has 0 atom stereocenters. The van der Waals surface area contributed by atoms with Crippen molar-refractivity contribution in [3.63, 3.8) is 0 Å². The molecule has 0 saturated heterocycles. The molecular formula is C13H11BrFN3O3. The summed E-state index contributed by atoms with van der Waals surface area (Å²) in [5.74, 6) is -0.414. The van der Waals surface area contributed by atoms with Crippen LogP contribution in [0, 0.1) is 5.82 Å². The highest BCUT2D eigenvalue weighted by atomic mass is 79.9. The van der Waals surface area contributed by atoms with Crippen molar-refractivity contribution in [2.75, 3.05) is 19.5 Å². The number of hydrogen-bond acceptors (Lipinski definition) is 5. The van der Waals surface area contributed by atoms with Gasteiger partial charge in [0.05, 0.1) is 24.8 Å². The Bertz CT molecular complexity index is 659. The molecule has 2 rings (SSSR count). The minimum atomic E-state index is -0.481. The molecular weight excluding hydrogens is 345 g/mol. The first kappa shape index (κ1) is 15.2. The molecule has 1 N–H and O–H groups in total. The van der Waals surface area contributed by atoms with E-state index in [0.717, 1.165) is 0 Å². The summed E-state index contributed by atoms with van der Waals surface area (Å²) < 4.78 is 23.3. The molecule has 8 heteroatoms. The van der Waals surface area contributed by atoms with Crippen LogP contribution in [0.5, 0.6) is 11.8 Å². The van der Waals surface area contributed by atoms with Gasteiger partial charge in [-0.2, -0.15) is 9.97 Å². The lowest BCUT2D eigenvalue weighted by molar-refractivity contribution is 0.102. The van der Waals surface area contributed by atoms with Crippen molar-refractivity contribution in [1.82, 2.24) is 9.97 Å². The topological polar surface area (TPSA) is 73.3 Å². The second kappa shape index (κ2) is 6.49. The van der Waals surface area contributed by atoms with E-state index in [2.05, 4.69) is 31.2 Å². The van der Waals surface area contributed by atoms with Crippen molar-refractivity contribution in [2.45, 2.75) is 0 Å². The average molecular weight is 356 g/mol. The van der Waals surface area contributed by atoms with E-state index in [4.69, 9.17) is 9.47 Å². The zero-order chi connectivity index (χ0) is 15.4. The highest BCUT2D eigenvalue weighted by Gasteiger charge is 2.12. The number of amides is 1. The summed E-state index contributed by atoms with van der Waals surface area (Å²) in [6.07, 6.45) is 0. The minimum Gasteiger partial charge on any atom is -0.481 e. The number of carbonyl (C=O) groups is 1. The SMILES string of the molecule is COc1cc(OC)nc(NC(=O)c2ccc(F)c(Br)c2)n1. The molecule has 1 heterocycles. The van der Waals surface area contributed by atoms with Crippen LogP contribution in [-0.4, -0.2) is 30.1 Å². The van der Waals surface area contributed by atoms with E-state index in [-0.39, 0.29) is 27.7 Å². The van der Waals surface area contributed by atoms with Gasteiger partial charge < -0.3 is 9.47 Å². The Labute approximate surface area is 128 Å². The maximum absolute atomic E-state index is 13.2. The van der Waals surface area contributed by atoms with Gasteiger partial charge in [-0.25, -0.2) is 4.39 Å². The summed E-state index contributed by atoms with van der Waals surface area (Å²) in [5, 5.41) is 2.49. The molecule has 0 spiro atoms. The lowest BCUT2D eigenvalue weighted by Gasteiger charge is -2.08. The number of hydrogen-bond donors (Lipinski definition) is 1. The molecule has 0 aliphatic carbocycles. The summed E-state index contributed by atoms with van der Waals surface area (Å²) >= 11 is 3.02.